The molecule has 3 heteroatoms. The first-order valence-corrected chi connectivity index (χ1v) is 4.60. The molecular formula is C10H12ClFO. The minimum atomic E-state index is -0.608. The van der Waals surface area contributed by atoms with E-state index in [4.69, 9.17) is 11.6 Å². The summed E-state index contributed by atoms with van der Waals surface area (Å²) in [4.78, 5) is 0. The molecule has 0 aliphatic heterocycles. The number of hydrogen-bond acceptors (Lipinski definition) is 1. The summed E-state index contributed by atoms with van der Waals surface area (Å²) < 4.78 is 13.2. The van der Waals surface area contributed by atoms with Crippen LogP contribution < -0.4 is 0 Å². The van der Waals surface area contributed by atoms with Crippen LogP contribution in [0.2, 0.25) is 5.02 Å². The molecule has 0 aromatic heterocycles. The fraction of sp³-hybridized carbons (Fsp3) is 0.400. The summed E-state index contributed by atoms with van der Waals surface area (Å²) in [5.41, 5.74) is 1.20. The van der Waals surface area contributed by atoms with Crippen LogP contribution in [0.4, 0.5) is 4.39 Å². The second kappa shape index (κ2) is 4.07. The van der Waals surface area contributed by atoms with Gasteiger partial charge in [0.15, 0.2) is 0 Å². The molecule has 1 rings (SSSR count). The molecule has 1 unspecified atom stereocenters. The summed E-state index contributed by atoms with van der Waals surface area (Å²) >= 11 is 5.66. The fourth-order valence-corrected chi connectivity index (χ4v) is 1.42. The van der Waals surface area contributed by atoms with Crippen LogP contribution in [0.5, 0.6) is 0 Å². The molecular weight excluding hydrogens is 191 g/mol. The van der Waals surface area contributed by atoms with Crippen molar-refractivity contribution >= 4 is 11.6 Å². The molecule has 0 saturated carbocycles. The largest absolute Gasteiger partial charge is 0.389 e. The average molecular weight is 203 g/mol. The minimum Gasteiger partial charge on any atom is -0.389 e. The molecule has 0 heterocycles. The number of rotatable bonds is 2. The number of halogens is 2. The molecule has 1 N–H and O–H groups in total. The molecule has 1 atom stereocenters. The summed E-state index contributed by atoms with van der Waals surface area (Å²) in [6.45, 7) is 3.48. The zero-order valence-electron chi connectivity index (χ0n) is 7.64. The third kappa shape index (κ3) is 2.20. The van der Waals surface area contributed by atoms with E-state index < -0.39 is 6.10 Å². The van der Waals surface area contributed by atoms with E-state index in [0.717, 1.165) is 0 Å². The number of benzene rings is 1. The molecule has 0 amide bonds. The molecule has 13 heavy (non-hydrogen) atoms. The average Bonchev–Trinajstić information content (AvgIpc) is 2.09. The first-order valence-electron chi connectivity index (χ1n) is 4.22. The van der Waals surface area contributed by atoms with E-state index in [0.29, 0.717) is 17.5 Å². The second-order valence-corrected chi connectivity index (χ2v) is 3.41. The van der Waals surface area contributed by atoms with Gasteiger partial charge in [0.2, 0.25) is 0 Å². The minimum absolute atomic E-state index is 0.0789. The monoisotopic (exact) mass is 202 g/mol. The zero-order chi connectivity index (χ0) is 10.0. The van der Waals surface area contributed by atoms with Gasteiger partial charge in [-0.2, -0.15) is 0 Å². The van der Waals surface area contributed by atoms with Gasteiger partial charge in [-0.25, -0.2) is 4.39 Å². The lowest BCUT2D eigenvalue weighted by Gasteiger charge is -2.09. The maximum absolute atomic E-state index is 13.2. The molecule has 1 nitrogen and oxygen atoms in total. The van der Waals surface area contributed by atoms with Crippen LogP contribution in [-0.2, 0) is 6.42 Å². The van der Waals surface area contributed by atoms with Crippen molar-refractivity contribution in [1.29, 1.82) is 0 Å². The maximum Gasteiger partial charge on any atom is 0.144 e. The van der Waals surface area contributed by atoms with Crippen molar-refractivity contribution in [2.45, 2.75) is 26.4 Å². The summed E-state index contributed by atoms with van der Waals surface area (Å²) in [7, 11) is 0. The number of aliphatic hydroxyl groups excluding tert-OH is 1. The van der Waals surface area contributed by atoms with Gasteiger partial charge in [-0.1, -0.05) is 24.6 Å². The summed E-state index contributed by atoms with van der Waals surface area (Å²) in [6, 6.07) is 3.10. The van der Waals surface area contributed by atoms with E-state index in [9.17, 15) is 9.50 Å². The van der Waals surface area contributed by atoms with Gasteiger partial charge >= 0.3 is 0 Å². The molecule has 0 fully saturated rings. The van der Waals surface area contributed by atoms with Gasteiger partial charge in [0, 0.05) is 0 Å². The van der Waals surface area contributed by atoms with E-state index in [-0.39, 0.29) is 10.8 Å². The standard InChI is InChI=1S/C10H12ClFO/c1-3-7-4-8(6(2)13)5-9(11)10(7)12/h4-6,13H,3H2,1-2H3. The van der Waals surface area contributed by atoms with Crippen molar-refractivity contribution in [3.05, 3.63) is 34.1 Å². The van der Waals surface area contributed by atoms with Gasteiger partial charge in [0.1, 0.15) is 5.82 Å². The SMILES string of the molecule is CCc1cc(C(C)O)cc(Cl)c1F. The Hall–Kier alpha value is -0.600. The molecule has 0 aliphatic carbocycles. The van der Waals surface area contributed by atoms with Crippen molar-refractivity contribution in [3.63, 3.8) is 0 Å². The fourth-order valence-electron chi connectivity index (χ4n) is 1.17. The predicted octanol–water partition coefficient (Wildman–Crippen LogP) is 3.09. The highest BCUT2D eigenvalue weighted by atomic mass is 35.5. The van der Waals surface area contributed by atoms with Gasteiger partial charge in [0.05, 0.1) is 11.1 Å². The Morgan fingerprint density at radius 1 is 1.54 bits per heavy atom. The molecule has 72 valence electrons. The van der Waals surface area contributed by atoms with E-state index in [1.807, 2.05) is 6.92 Å². The van der Waals surface area contributed by atoms with Gasteiger partial charge < -0.3 is 5.11 Å². The van der Waals surface area contributed by atoms with Crippen LogP contribution in [0.15, 0.2) is 12.1 Å². The zero-order valence-corrected chi connectivity index (χ0v) is 8.40. The molecule has 0 aliphatic rings. The molecule has 1 aromatic rings. The number of hydrogen-bond donors (Lipinski definition) is 1. The Kier molecular flexibility index (Phi) is 3.28. The second-order valence-electron chi connectivity index (χ2n) is 3.01. The smallest absolute Gasteiger partial charge is 0.144 e. The Morgan fingerprint density at radius 3 is 2.62 bits per heavy atom. The van der Waals surface area contributed by atoms with Crippen molar-refractivity contribution in [2.75, 3.05) is 0 Å². The van der Waals surface area contributed by atoms with E-state index in [2.05, 4.69) is 0 Å². The first-order chi connectivity index (χ1) is 6.06. The third-order valence-electron chi connectivity index (χ3n) is 1.99. The summed E-state index contributed by atoms with van der Waals surface area (Å²) in [5, 5.41) is 9.36. The van der Waals surface area contributed by atoms with Crippen LogP contribution in [0, 0.1) is 5.82 Å². The van der Waals surface area contributed by atoms with Gasteiger partial charge in [-0.15, -0.1) is 0 Å². The van der Waals surface area contributed by atoms with Crippen LogP contribution in [0.25, 0.3) is 0 Å². The van der Waals surface area contributed by atoms with E-state index in [1.54, 1.807) is 13.0 Å². The van der Waals surface area contributed by atoms with Crippen LogP contribution in [0.1, 0.15) is 31.1 Å². The van der Waals surface area contributed by atoms with Crippen LogP contribution >= 0.6 is 11.6 Å². The number of aryl methyl sites for hydroxylation is 1. The summed E-state index contributed by atoms with van der Waals surface area (Å²) in [6.07, 6.45) is -0.0325. The number of aliphatic hydroxyl groups is 1. The normalized spacial score (nSPS) is 13.0. The molecule has 0 radical (unpaired) electrons. The van der Waals surface area contributed by atoms with Crippen LogP contribution in [-0.4, -0.2) is 5.11 Å². The maximum atomic E-state index is 13.2. The van der Waals surface area contributed by atoms with Gasteiger partial charge in [0.25, 0.3) is 0 Å². The van der Waals surface area contributed by atoms with E-state index >= 15 is 0 Å². The lowest BCUT2D eigenvalue weighted by atomic mass is 10.0. The molecule has 1 aromatic carbocycles. The van der Waals surface area contributed by atoms with Crippen molar-refractivity contribution < 1.29 is 9.50 Å². The van der Waals surface area contributed by atoms with Gasteiger partial charge in [-0.3, -0.25) is 0 Å². The lowest BCUT2D eigenvalue weighted by molar-refractivity contribution is 0.199. The molecule has 0 spiro atoms. The first kappa shape index (κ1) is 10.5. The Labute approximate surface area is 82.2 Å². The lowest BCUT2D eigenvalue weighted by Crippen LogP contribution is -1.96. The molecule has 0 saturated heterocycles. The van der Waals surface area contributed by atoms with Crippen molar-refractivity contribution in [1.82, 2.24) is 0 Å². The Morgan fingerprint density at radius 2 is 2.15 bits per heavy atom. The Bertz CT molecular complexity index is 310. The predicted molar refractivity (Wildman–Crippen MR) is 51.4 cm³/mol. The van der Waals surface area contributed by atoms with Crippen LogP contribution in [0.3, 0.4) is 0 Å². The highest BCUT2D eigenvalue weighted by molar-refractivity contribution is 6.30. The topological polar surface area (TPSA) is 20.2 Å². The third-order valence-corrected chi connectivity index (χ3v) is 2.26. The highest BCUT2D eigenvalue weighted by Crippen LogP contribution is 2.24. The van der Waals surface area contributed by atoms with Gasteiger partial charge in [-0.05, 0) is 30.5 Å². The van der Waals surface area contributed by atoms with Crippen molar-refractivity contribution in [3.8, 4) is 0 Å². The summed E-state index contributed by atoms with van der Waals surface area (Å²) in [5.74, 6) is -0.381. The quantitative estimate of drug-likeness (QED) is 0.782. The Balaban J connectivity index is 3.22. The van der Waals surface area contributed by atoms with Crippen molar-refractivity contribution in [2.24, 2.45) is 0 Å². The molecule has 0 bridgehead atoms. The van der Waals surface area contributed by atoms with E-state index in [1.165, 1.54) is 6.07 Å². The highest BCUT2D eigenvalue weighted by Gasteiger charge is 2.10.